The summed E-state index contributed by atoms with van der Waals surface area (Å²) in [5.41, 5.74) is 16.1. The van der Waals surface area contributed by atoms with E-state index in [2.05, 4.69) is 16.9 Å². The number of aryl methyl sites for hydroxylation is 1. The molecule has 1 aliphatic heterocycles. The van der Waals surface area contributed by atoms with Crippen molar-refractivity contribution in [3.05, 3.63) is 71.0 Å². The largest absolute Gasteiger partial charge is 0.495 e. The molecule has 1 aliphatic rings. The number of ether oxygens (including phenoxy) is 2. The zero-order valence-corrected chi connectivity index (χ0v) is 32.6. The average molecular weight is 779 g/mol. The molecular formula is C37H50Cl3N7O5. The molecule has 0 spiro atoms. The summed E-state index contributed by atoms with van der Waals surface area (Å²) < 4.78 is 12.0. The van der Waals surface area contributed by atoms with E-state index >= 15 is 0 Å². The predicted molar refractivity (Wildman–Crippen MR) is 213 cm³/mol. The van der Waals surface area contributed by atoms with Crippen LogP contribution in [0.3, 0.4) is 0 Å². The van der Waals surface area contributed by atoms with Gasteiger partial charge in [0.2, 0.25) is 5.91 Å². The third-order valence-electron chi connectivity index (χ3n) is 9.00. The van der Waals surface area contributed by atoms with Crippen LogP contribution in [0.5, 0.6) is 11.5 Å². The van der Waals surface area contributed by atoms with Crippen molar-refractivity contribution in [3.63, 3.8) is 0 Å². The lowest BCUT2D eigenvalue weighted by molar-refractivity contribution is -0.132. The van der Waals surface area contributed by atoms with Gasteiger partial charge in [-0.15, -0.1) is 37.2 Å². The molecule has 0 atom stereocenters. The van der Waals surface area contributed by atoms with Crippen LogP contribution in [0.2, 0.25) is 0 Å². The number of halogens is 3. The first-order valence-corrected chi connectivity index (χ1v) is 16.8. The van der Waals surface area contributed by atoms with Gasteiger partial charge in [0.1, 0.15) is 17.3 Å². The second kappa shape index (κ2) is 20.2. The molecule has 1 aromatic heterocycles. The molecule has 3 aromatic carbocycles. The maximum atomic E-state index is 14.1. The molecule has 4 aromatic rings. The number of benzene rings is 3. The van der Waals surface area contributed by atoms with Gasteiger partial charge in [0.25, 0.3) is 11.8 Å². The first-order valence-electron chi connectivity index (χ1n) is 16.8. The smallest absolute Gasteiger partial charge is 0.259 e. The molecule has 1 fully saturated rings. The Kier molecular flexibility index (Phi) is 17.2. The van der Waals surface area contributed by atoms with E-state index in [0.717, 1.165) is 67.9 Å². The zero-order valence-electron chi connectivity index (χ0n) is 30.1. The average Bonchev–Trinajstić information content (AvgIpc) is 3.51. The molecule has 52 heavy (non-hydrogen) atoms. The zero-order chi connectivity index (χ0) is 35.1. The molecule has 15 heteroatoms. The molecule has 3 amide bonds. The molecule has 1 saturated heterocycles. The summed E-state index contributed by atoms with van der Waals surface area (Å²) in [4.78, 5) is 53.3. The van der Waals surface area contributed by atoms with E-state index in [4.69, 9.17) is 25.9 Å². The Morgan fingerprint density at radius 1 is 0.962 bits per heavy atom. The molecular weight excluding hydrogens is 729 g/mol. The Hall–Kier alpha value is -4.07. The van der Waals surface area contributed by atoms with Gasteiger partial charge >= 0.3 is 0 Å². The highest BCUT2D eigenvalue weighted by Gasteiger charge is 2.28. The van der Waals surface area contributed by atoms with Crippen molar-refractivity contribution in [3.8, 4) is 22.6 Å². The fraction of sp³-hybridized carbons (Fsp3) is 0.405. The van der Waals surface area contributed by atoms with Crippen LogP contribution in [0.15, 0.2) is 48.5 Å². The van der Waals surface area contributed by atoms with Crippen LogP contribution in [0.25, 0.3) is 22.2 Å². The summed E-state index contributed by atoms with van der Waals surface area (Å²) in [7, 11) is 5.16. The van der Waals surface area contributed by atoms with Crippen LogP contribution >= 0.6 is 37.2 Å². The van der Waals surface area contributed by atoms with Crippen LogP contribution in [0.4, 0.5) is 5.69 Å². The number of hydrogen-bond donors (Lipinski definition) is 3. The number of piperazine rings is 1. The number of primary amides is 1. The highest BCUT2D eigenvalue weighted by molar-refractivity contribution is 6.15. The number of rotatable bonds is 14. The van der Waals surface area contributed by atoms with Gasteiger partial charge in [0.15, 0.2) is 0 Å². The van der Waals surface area contributed by atoms with Crippen molar-refractivity contribution in [2.45, 2.75) is 39.0 Å². The molecule has 0 unspecified atom stereocenters. The van der Waals surface area contributed by atoms with Crippen LogP contribution < -0.4 is 25.8 Å². The number of nitrogens with two attached hydrogens (primary N) is 2. The number of aromatic amines is 1. The molecule has 5 N–H and O–H groups in total. The maximum Gasteiger partial charge on any atom is 0.259 e. The summed E-state index contributed by atoms with van der Waals surface area (Å²) in [6, 6.07) is 14.6. The Labute approximate surface area is 323 Å². The van der Waals surface area contributed by atoms with Crippen LogP contribution in [0.1, 0.15) is 57.8 Å². The number of nitrogens with zero attached hydrogens (tertiary/aromatic N) is 4. The quantitative estimate of drug-likeness (QED) is 0.144. The van der Waals surface area contributed by atoms with E-state index in [9.17, 15) is 14.4 Å². The number of methoxy groups -OCH3 is 1. The van der Waals surface area contributed by atoms with Gasteiger partial charge in [-0.1, -0.05) is 18.2 Å². The van der Waals surface area contributed by atoms with Crippen molar-refractivity contribution in [2.75, 3.05) is 65.4 Å². The monoisotopic (exact) mass is 777 g/mol. The number of amides is 3. The molecule has 5 rings (SSSR count). The van der Waals surface area contributed by atoms with Gasteiger partial charge in [-0.05, 0) is 75.7 Å². The van der Waals surface area contributed by atoms with Crippen molar-refractivity contribution >= 4 is 71.7 Å². The SMILES string of the molecule is COc1c(-c2cccc3[nH]c(CCN)nc23)ccc(C(=O)N(C)c2ccc(C)cc2OCCCCCC(=O)N2CCN(C)CC2)c1C(N)=O.Cl.Cl.Cl. The van der Waals surface area contributed by atoms with Crippen molar-refractivity contribution < 1.29 is 23.9 Å². The Bertz CT molecular complexity index is 1830. The molecule has 2 heterocycles. The number of unbranched alkanes of at least 4 members (excludes halogenated alkanes) is 2. The van der Waals surface area contributed by atoms with Gasteiger partial charge in [0, 0.05) is 57.2 Å². The Balaban J connectivity index is 0.00000312. The molecule has 284 valence electrons. The van der Waals surface area contributed by atoms with E-state index in [1.807, 2.05) is 48.2 Å². The summed E-state index contributed by atoms with van der Waals surface area (Å²) in [5.74, 6) is 0.462. The van der Waals surface area contributed by atoms with Gasteiger partial charge in [-0.3, -0.25) is 14.4 Å². The lowest BCUT2D eigenvalue weighted by atomic mass is 9.95. The minimum Gasteiger partial charge on any atom is -0.495 e. The van der Waals surface area contributed by atoms with Gasteiger partial charge in [0.05, 0.1) is 41.6 Å². The van der Waals surface area contributed by atoms with Crippen molar-refractivity contribution in [1.29, 1.82) is 0 Å². The van der Waals surface area contributed by atoms with Crippen LogP contribution in [-0.4, -0.2) is 98.0 Å². The van der Waals surface area contributed by atoms with E-state index in [-0.39, 0.29) is 60.0 Å². The molecule has 0 bridgehead atoms. The van der Waals surface area contributed by atoms with Crippen LogP contribution in [-0.2, 0) is 11.2 Å². The van der Waals surface area contributed by atoms with Crippen molar-refractivity contribution in [2.24, 2.45) is 11.5 Å². The third-order valence-corrected chi connectivity index (χ3v) is 9.00. The summed E-state index contributed by atoms with van der Waals surface area (Å²) >= 11 is 0. The second-order valence-corrected chi connectivity index (χ2v) is 12.5. The number of H-pyrrole nitrogens is 1. The van der Waals surface area contributed by atoms with Gasteiger partial charge in [-0.25, -0.2) is 4.98 Å². The van der Waals surface area contributed by atoms with Crippen LogP contribution in [0, 0.1) is 6.92 Å². The molecule has 0 aliphatic carbocycles. The first-order chi connectivity index (χ1) is 23.6. The first kappa shape index (κ1) is 44.1. The fourth-order valence-electron chi connectivity index (χ4n) is 6.24. The maximum absolute atomic E-state index is 14.1. The number of fused-ring (bicyclic) bond motifs is 1. The van der Waals surface area contributed by atoms with Gasteiger partial charge < -0.3 is 40.6 Å². The number of carbonyl (C=O) groups excluding carboxylic acids is 3. The highest BCUT2D eigenvalue weighted by Crippen LogP contribution is 2.39. The molecule has 12 nitrogen and oxygen atoms in total. The van der Waals surface area contributed by atoms with Crippen molar-refractivity contribution in [1.82, 2.24) is 19.8 Å². The number of aromatic nitrogens is 2. The number of nitrogens with one attached hydrogen (secondary N) is 1. The molecule has 0 radical (unpaired) electrons. The topological polar surface area (TPSA) is 160 Å². The number of carbonyl (C=O) groups is 3. The van der Waals surface area contributed by atoms with E-state index < -0.39 is 11.8 Å². The normalized spacial score (nSPS) is 12.7. The number of likely N-dealkylation sites (N-methyl/N-ethyl adjacent to an activating group) is 1. The fourth-order valence-corrected chi connectivity index (χ4v) is 6.24. The minimum atomic E-state index is -0.792. The number of hydrogen-bond acceptors (Lipinski definition) is 8. The Morgan fingerprint density at radius 2 is 1.69 bits per heavy atom. The standard InChI is InChI=1S/C37H47N7O5.3ClH/c1-24-12-15-29(30(23-24)49-22-7-5-6-11-32(45)44-20-18-42(2)19-21-44)43(3)37(47)27-14-13-26(35(48-4)33(27)36(39)46)25-9-8-10-28-34(25)41-31(40-28)16-17-38;;;/h8-10,12-15,23H,5-7,11,16-22,38H2,1-4H3,(H2,39,46)(H,40,41);3*1H. The summed E-state index contributed by atoms with van der Waals surface area (Å²) in [5, 5.41) is 0. The van der Waals surface area contributed by atoms with E-state index in [0.29, 0.717) is 48.5 Å². The minimum absolute atomic E-state index is 0. The second-order valence-electron chi connectivity index (χ2n) is 12.5. The lowest BCUT2D eigenvalue weighted by Crippen LogP contribution is -2.47. The number of para-hydroxylation sites is 1. The van der Waals surface area contributed by atoms with E-state index in [1.54, 1.807) is 19.2 Å². The number of imidazole rings is 1. The summed E-state index contributed by atoms with van der Waals surface area (Å²) in [6.07, 6.45) is 3.53. The predicted octanol–water partition coefficient (Wildman–Crippen LogP) is 5.40. The van der Waals surface area contributed by atoms with Gasteiger partial charge in [-0.2, -0.15) is 0 Å². The molecule has 0 saturated carbocycles. The third kappa shape index (κ3) is 10.1. The van der Waals surface area contributed by atoms with E-state index in [1.165, 1.54) is 12.0 Å². The number of anilines is 1. The highest BCUT2D eigenvalue weighted by atomic mass is 35.5. The lowest BCUT2D eigenvalue weighted by Gasteiger charge is -2.32. The summed E-state index contributed by atoms with van der Waals surface area (Å²) in [6.45, 7) is 6.24. The Morgan fingerprint density at radius 3 is 2.37 bits per heavy atom.